The van der Waals surface area contributed by atoms with Gasteiger partial charge in [0.2, 0.25) is 11.7 Å². The van der Waals surface area contributed by atoms with E-state index in [2.05, 4.69) is 0 Å². The zero-order chi connectivity index (χ0) is 17.9. The van der Waals surface area contributed by atoms with E-state index in [1.54, 1.807) is 25.9 Å². The fraction of sp³-hybridized carbons (Fsp3) is 0.588. The van der Waals surface area contributed by atoms with Crippen LogP contribution in [0, 0.1) is 0 Å². The average molecular weight is 334 g/mol. The predicted molar refractivity (Wildman–Crippen MR) is 85.1 cm³/mol. The van der Waals surface area contributed by atoms with Gasteiger partial charge in [0, 0.05) is 36.9 Å². The Balaban J connectivity index is 2.27. The monoisotopic (exact) mass is 334 g/mol. The zero-order valence-corrected chi connectivity index (χ0v) is 14.7. The number of methoxy groups -OCH3 is 2. The van der Waals surface area contributed by atoms with E-state index < -0.39 is 12.1 Å². The molecule has 130 valence electrons. The van der Waals surface area contributed by atoms with Crippen LogP contribution in [0.1, 0.15) is 13.8 Å². The maximum absolute atomic E-state index is 13.0. The van der Waals surface area contributed by atoms with Gasteiger partial charge >= 0.3 is 0 Å². The number of allylic oxidation sites excluding steroid dienone is 2. The summed E-state index contributed by atoms with van der Waals surface area (Å²) in [6.07, 6.45) is -0.770. The van der Waals surface area contributed by atoms with Crippen molar-refractivity contribution >= 4 is 17.5 Å². The van der Waals surface area contributed by atoms with Gasteiger partial charge in [-0.15, -0.1) is 0 Å². The third kappa shape index (κ3) is 1.88. The molecule has 0 radical (unpaired) electrons. The van der Waals surface area contributed by atoms with Gasteiger partial charge in [0.05, 0.1) is 13.2 Å². The van der Waals surface area contributed by atoms with Crippen LogP contribution in [0.2, 0.25) is 0 Å². The number of ether oxygens (including phenoxy) is 2. The number of amides is 1. The van der Waals surface area contributed by atoms with E-state index in [0.29, 0.717) is 11.1 Å². The number of carbonyl (C=O) groups excluding carboxylic acids is 3. The summed E-state index contributed by atoms with van der Waals surface area (Å²) in [6.45, 7) is 3.45. The summed E-state index contributed by atoms with van der Waals surface area (Å²) < 4.78 is 10.7. The van der Waals surface area contributed by atoms with Crippen molar-refractivity contribution in [3.05, 3.63) is 22.5 Å². The van der Waals surface area contributed by atoms with Crippen molar-refractivity contribution in [2.24, 2.45) is 0 Å². The minimum absolute atomic E-state index is 0.0761. The first kappa shape index (κ1) is 16.9. The lowest BCUT2D eigenvalue weighted by molar-refractivity contribution is -0.154. The lowest BCUT2D eigenvalue weighted by Gasteiger charge is -2.54. The number of piperazine rings is 1. The Bertz CT molecular complexity index is 708. The maximum Gasteiger partial charge on any atom is 0.243 e. The molecular weight excluding hydrogens is 312 g/mol. The Morgan fingerprint density at radius 2 is 1.58 bits per heavy atom. The van der Waals surface area contributed by atoms with E-state index in [0.717, 1.165) is 0 Å². The van der Waals surface area contributed by atoms with Crippen molar-refractivity contribution in [2.75, 3.05) is 28.3 Å². The average Bonchev–Trinajstić information content (AvgIpc) is 2.56. The molecular formula is C17H22N2O5. The second-order valence-electron chi connectivity index (χ2n) is 6.55. The molecule has 0 saturated carbocycles. The molecule has 3 aliphatic rings. The molecule has 1 saturated heterocycles. The largest absolute Gasteiger partial charge is 0.492 e. The maximum atomic E-state index is 13.0. The van der Waals surface area contributed by atoms with Gasteiger partial charge in [0.25, 0.3) is 0 Å². The lowest BCUT2D eigenvalue weighted by Crippen LogP contribution is -2.71. The summed E-state index contributed by atoms with van der Waals surface area (Å²) in [6, 6.07) is -1.22. The molecule has 7 nitrogen and oxygen atoms in total. The lowest BCUT2D eigenvalue weighted by atomic mass is 9.73. The first-order chi connectivity index (χ1) is 11.3. The molecule has 24 heavy (non-hydrogen) atoms. The normalized spacial score (nSPS) is 34.1. The van der Waals surface area contributed by atoms with Gasteiger partial charge in [-0.05, 0) is 20.9 Å². The minimum Gasteiger partial charge on any atom is -0.492 e. The second-order valence-corrected chi connectivity index (χ2v) is 6.55. The van der Waals surface area contributed by atoms with Crippen LogP contribution in [0.25, 0.3) is 0 Å². The first-order valence-electron chi connectivity index (χ1n) is 7.87. The highest BCUT2D eigenvalue weighted by molar-refractivity contribution is 6.25. The Labute approximate surface area is 140 Å². The Kier molecular flexibility index (Phi) is 3.88. The van der Waals surface area contributed by atoms with E-state index in [4.69, 9.17) is 9.47 Å². The van der Waals surface area contributed by atoms with Crippen molar-refractivity contribution in [1.82, 2.24) is 9.80 Å². The highest BCUT2D eigenvalue weighted by Crippen LogP contribution is 2.42. The molecule has 0 aromatic carbocycles. The van der Waals surface area contributed by atoms with Crippen LogP contribution in [0.3, 0.4) is 0 Å². The molecule has 0 spiro atoms. The van der Waals surface area contributed by atoms with E-state index in [9.17, 15) is 14.4 Å². The van der Waals surface area contributed by atoms with Gasteiger partial charge in [0.15, 0.2) is 11.5 Å². The summed E-state index contributed by atoms with van der Waals surface area (Å²) in [5.41, 5.74) is 0.960. The number of carbonyl (C=O) groups is 3. The summed E-state index contributed by atoms with van der Waals surface area (Å²) >= 11 is 0. The van der Waals surface area contributed by atoms with Crippen molar-refractivity contribution in [1.29, 1.82) is 0 Å². The third-order valence-electron chi connectivity index (χ3n) is 5.54. The molecule has 2 bridgehead atoms. The topological polar surface area (TPSA) is 76.2 Å². The van der Waals surface area contributed by atoms with Crippen LogP contribution in [-0.2, 0) is 23.9 Å². The number of hydrogen-bond acceptors (Lipinski definition) is 6. The number of nitrogens with zero attached hydrogens (tertiary/aromatic N) is 2. The van der Waals surface area contributed by atoms with Crippen LogP contribution in [-0.4, -0.2) is 79.8 Å². The molecule has 0 N–H and O–H groups in total. The highest BCUT2D eigenvalue weighted by atomic mass is 16.5. The number of Topliss-reactive ketones (excluding diaryl/α,β-unsaturated/α-hetero) is 2. The van der Waals surface area contributed by atoms with Crippen LogP contribution in [0.5, 0.6) is 0 Å². The minimum atomic E-state index is -0.770. The van der Waals surface area contributed by atoms with Gasteiger partial charge in [-0.1, -0.05) is 0 Å². The number of rotatable bonds is 2. The molecule has 0 aromatic rings. The van der Waals surface area contributed by atoms with E-state index in [1.165, 1.54) is 14.2 Å². The first-order valence-corrected chi connectivity index (χ1v) is 7.87. The standard InChI is InChI=1S/C17H22N2O5/c1-7-13(20)10-9(14(21)15(7)23-5)11-8(2)18(3)17(22)12(19(11)4)16(10)24-6/h8,11-12,16H,1-6H3/t8-,11+,12+,16?/m1/s1. The van der Waals surface area contributed by atoms with Crippen LogP contribution in [0.15, 0.2) is 22.5 Å². The molecule has 4 atom stereocenters. The van der Waals surface area contributed by atoms with Gasteiger partial charge in [-0.2, -0.15) is 0 Å². The molecule has 1 unspecified atom stereocenters. The molecule has 0 aromatic heterocycles. The van der Waals surface area contributed by atoms with E-state index >= 15 is 0 Å². The molecule has 2 heterocycles. The Morgan fingerprint density at radius 1 is 0.958 bits per heavy atom. The van der Waals surface area contributed by atoms with Gasteiger partial charge in [-0.25, -0.2) is 0 Å². The van der Waals surface area contributed by atoms with E-state index in [-0.39, 0.29) is 40.9 Å². The molecule has 1 aliphatic carbocycles. The van der Waals surface area contributed by atoms with Crippen molar-refractivity contribution < 1.29 is 23.9 Å². The molecule has 1 amide bonds. The zero-order valence-electron chi connectivity index (χ0n) is 14.7. The summed E-state index contributed by atoms with van der Waals surface area (Å²) in [7, 11) is 6.35. The number of ketones is 2. The summed E-state index contributed by atoms with van der Waals surface area (Å²) in [5, 5.41) is 0. The third-order valence-corrected chi connectivity index (χ3v) is 5.54. The summed E-state index contributed by atoms with van der Waals surface area (Å²) in [4.78, 5) is 42.1. The van der Waals surface area contributed by atoms with E-state index in [1.807, 2.05) is 11.8 Å². The molecule has 7 heteroatoms. The summed E-state index contributed by atoms with van der Waals surface area (Å²) in [5.74, 6) is -0.608. The molecule has 1 fully saturated rings. The SMILES string of the molecule is COC1=C(C)C(=O)C2=C(C1=O)[C@@H]1[C@@H](C)N(C)C(=O)[C@H](C2OC)N1C. The fourth-order valence-corrected chi connectivity index (χ4v) is 4.17. The highest BCUT2D eigenvalue weighted by Gasteiger charge is 2.57. The quantitative estimate of drug-likeness (QED) is 0.657. The molecule has 3 rings (SSSR count). The van der Waals surface area contributed by atoms with Crippen molar-refractivity contribution in [3.63, 3.8) is 0 Å². The van der Waals surface area contributed by atoms with Crippen molar-refractivity contribution in [3.8, 4) is 0 Å². The fourth-order valence-electron chi connectivity index (χ4n) is 4.17. The van der Waals surface area contributed by atoms with Gasteiger partial charge in [-0.3, -0.25) is 19.3 Å². The molecule has 2 aliphatic heterocycles. The number of fused-ring (bicyclic) bond motifs is 3. The van der Waals surface area contributed by atoms with Crippen LogP contribution in [0.4, 0.5) is 0 Å². The second kappa shape index (κ2) is 5.53. The predicted octanol–water partition coefficient (Wildman–Crippen LogP) is -0.0867. The van der Waals surface area contributed by atoms with Gasteiger partial charge < -0.3 is 14.4 Å². The van der Waals surface area contributed by atoms with Crippen LogP contribution < -0.4 is 0 Å². The Morgan fingerprint density at radius 3 is 2.12 bits per heavy atom. The van der Waals surface area contributed by atoms with Crippen molar-refractivity contribution in [2.45, 2.75) is 38.1 Å². The Hall–Kier alpha value is -1.99. The number of likely N-dealkylation sites (N-methyl/N-ethyl adjacent to an activating group) is 2. The number of hydrogen-bond donors (Lipinski definition) is 0. The van der Waals surface area contributed by atoms with Gasteiger partial charge in [0.1, 0.15) is 12.1 Å². The van der Waals surface area contributed by atoms with Crippen LogP contribution >= 0.6 is 0 Å². The smallest absolute Gasteiger partial charge is 0.243 e.